The molecule has 0 radical (unpaired) electrons. The van der Waals surface area contributed by atoms with Crippen LogP contribution in [0.15, 0.2) is 17.0 Å². The van der Waals surface area contributed by atoms with Crippen molar-refractivity contribution in [1.82, 2.24) is 9.62 Å². The Labute approximate surface area is 128 Å². The number of nitrogens with zero attached hydrogens (tertiary/aromatic N) is 1. The van der Waals surface area contributed by atoms with E-state index in [4.69, 9.17) is 4.74 Å². The minimum atomic E-state index is -2.46. The molecule has 0 heterocycles. The maximum atomic E-state index is 13.5. The molecular formula is C16H26N2O2S. The van der Waals surface area contributed by atoms with Crippen LogP contribution >= 0.6 is 0 Å². The SMILES string of the molecule is C=S(=O)(c1c(C)cc(OC)cc1C)N(CCNC)C1CC1. The van der Waals surface area contributed by atoms with Crippen LogP contribution in [0, 0.1) is 13.8 Å². The number of rotatable bonds is 7. The summed E-state index contributed by atoms with van der Waals surface area (Å²) in [6, 6.07) is 4.29. The van der Waals surface area contributed by atoms with Crippen molar-refractivity contribution in [3.63, 3.8) is 0 Å². The molecule has 0 saturated heterocycles. The van der Waals surface area contributed by atoms with Gasteiger partial charge in [-0.1, -0.05) is 0 Å². The number of hydrogen-bond donors (Lipinski definition) is 1. The van der Waals surface area contributed by atoms with E-state index in [-0.39, 0.29) is 0 Å². The minimum absolute atomic E-state index is 0.407. The zero-order valence-corrected chi connectivity index (χ0v) is 14.3. The smallest absolute Gasteiger partial charge is 0.119 e. The summed E-state index contributed by atoms with van der Waals surface area (Å²) in [5.74, 6) is 4.92. The molecule has 0 bridgehead atoms. The number of aryl methyl sites for hydroxylation is 2. The summed E-state index contributed by atoms with van der Waals surface area (Å²) in [5, 5.41) is 3.14. The van der Waals surface area contributed by atoms with Crippen molar-refractivity contribution in [3.05, 3.63) is 23.3 Å². The van der Waals surface area contributed by atoms with Crippen LogP contribution in [0.1, 0.15) is 24.0 Å². The molecule has 0 spiro atoms. The highest BCUT2D eigenvalue weighted by molar-refractivity contribution is 7.98. The summed E-state index contributed by atoms with van der Waals surface area (Å²) >= 11 is 0. The number of benzene rings is 1. The van der Waals surface area contributed by atoms with E-state index in [1.54, 1.807) is 7.11 Å². The molecule has 21 heavy (non-hydrogen) atoms. The second-order valence-corrected chi connectivity index (χ2v) is 7.86. The van der Waals surface area contributed by atoms with Gasteiger partial charge in [-0.15, -0.1) is 0 Å². The van der Waals surface area contributed by atoms with E-state index >= 15 is 0 Å². The van der Waals surface area contributed by atoms with Gasteiger partial charge < -0.3 is 10.1 Å². The predicted molar refractivity (Wildman–Crippen MR) is 89.7 cm³/mol. The fraction of sp³-hybridized carbons (Fsp3) is 0.562. The Balaban J connectivity index is 2.42. The Morgan fingerprint density at radius 2 is 1.95 bits per heavy atom. The Morgan fingerprint density at radius 1 is 1.38 bits per heavy atom. The van der Waals surface area contributed by atoms with Gasteiger partial charge in [0.1, 0.15) is 5.75 Å². The largest absolute Gasteiger partial charge is 0.497 e. The molecule has 1 saturated carbocycles. The number of methoxy groups -OCH3 is 1. The van der Waals surface area contributed by atoms with Crippen molar-refractivity contribution in [2.24, 2.45) is 0 Å². The van der Waals surface area contributed by atoms with Crippen molar-refractivity contribution in [1.29, 1.82) is 0 Å². The van der Waals surface area contributed by atoms with Crippen LogP contribution in [0.25, 0.3) is 0 Å². The average molecular weight is 310 g/mol. The quantitative estimate of drug-likeness (QED) is 0.783. The van der Waals surface area contributed by atoms with E-state index < -0.39 is 9.71 Å². The number of ether oxygens (including phenoxy) is 1. The number of likely N-dealkylation sites (N-methyl/N-ethyl adjacent to an activating group) is 1. The minimum Gasteiger partial charge on any atom is -0.497 e. The van der Waals surface area contributed by atoms with E-state index in [1.165, 1.54) is 0 Å². The summed E-state index contributed by atoms with van der Waals surface area (Å²) in [6.45, 7) is 5.54. The molecule has 1 unspecified atom stereocenters. The third-order valence-electron chi connectivity index (χ3n) is 3.90. The summed E-state index contributed by atoms with van der Waals surface area (Å²) in [5.41, 5.74) is 1.98. The Hall–Kier alpha value is -1.04. The van der Waals surface area contributed by atoms with Gasteiger partial charge in [0.2, 0.25) is 0 Å². The van der Waals surface area contributed by atoms with Crippen molar-refractivity contribution in [3.8, 4) is 5.75 Å². The molecule has 0 aliphatic heterocycles. The van der Waals surface area contributed by atoms with Gasteiger partial charge in [0.05, 0.1) is 21.7 Å². The lowest BCUT2D eigenvalue weighted by atomic mass is 10.1. The first-order valence-corrected chi connectivity index (χ1v) is 9.04. The maximum absolute atomic E-state index is 13.5. The molecular weight excluding hydrogens is 284 g/mol. The highest BCUT2D eigenvalue weighted by atomic mass is 32.2. The summed E-state index contributed by atoms with van der Waals surface area (Å²) in [6.07, 6.45) is 2.23. The van der Waals surface area contributed by atoms with Crippen LogP contribution in [0.5, 0.6) is 5.75 Å². The van der Waals surface area contributed by atoms with Gasteiger partial charge in [-0.3, -0.25) is 0 Å². The third kappa shape index (κ3) is 3.42. The first-order chi connectivity index (χ1) is 9.91. The molecule has 0 aromatic heterocycles. The van der Waals surface area contributed by atoms with Gasteiger partial charge in [0.25, 0.3) is 0 Å². The first kappa shape index (κ1) is 16.3. The standard InChI is InChI=1S/C16H26N2O2S/c1-12-10-15(20-4)11-13(2)16(12)21(5,19)18(9-8-17-3)14-6-7-14/h10-11,14,17H,5-9H2,1-4H3. The second kappa shape index (κ2) is 6.38. The molecule has 1 N–H and O–H groups in total. The average Bonchev–Trinajstić information content (AvgIpc) is 3.22. The van der Waals surface area contributed by atoms with Crippen LogP contribution in [0.4, 0.5) is 0 Å². The molecule has 1 fully saturated rings. The molecule has 0 amide bonds. The lowest BCUT2D eigenvalue weighted by molar-refractivity contribution is 0.413. The molecule has 5 heteroatoms. The summed E-state index contributed by atoms with van der Waals surface area (Å²) in [4.78, 5) is 0.867. The van der Waals surface area contributed by atoms with Crippen LogP contribution in [-0.2, 0) is 9.71 Å². The molecule has 1 atom stereocenters. The van der Waals surface area contributed by atoms with E-state index in [1.807, 2.05) is 33.0 Å². The van der Waals surface area contributed by atoms with Gasteiger partial charge in [0, 0.05) is 19.1 Å². The van der Waals surface area contributed by atoms with Crippen LogP contribution in [0.2, 0.25) is 0 Å². The molecule has 1 aromatic carbocycles. The van der Waals surface area contributed by atoms with E-state index in [2.05, 4.69) is 15.5 Å². The van der Waals surface area contributed by atoms with Crippen molar-refractivity contribution >= 4 is 15.6 Å². The second-order valence-electron chi connectivity index (χ2n) is 5.71. The monoisotopic (exact) mass is 310 g/mol. The number of nitrogens with one attached hydrogen (secondary N) is 1. The van der Waals surface area contributed by atoms with Crippen LogP contribution in [-0.4, -0.2) is 47.7 Å². The van der Waals surface area contributed by atoms with E-state index in [0.717, 1.165) is 47.7 Å². The predicted octanol–water partition coefficient (Wildman–Crippen LogP) is 1.99. The van der Waals surface area contributed by atoms with Crippen LogP contribution < -0.4 is 10.1 Å². The van der Waals surface area contributed by atoms with Gasteiger partial charge in [0.15, 0.2) is 0 Å². The van der Waals surface area contributed by atoms with Crippen LogP contribution in [0.3, 0.4) is 0 Å². The highest BCUT2D eigenvalue weighted by Crippen LogP contribution is 2.35. The number of hydrogen-bond acceptors (Lipinski definition) is 3. The van der Waals surface area contributed by atoms with E-state index in [0.29, 0.717) is 6.04 Å². The molecule has 2 rings (SSSR count). The zero-order valence-electron chi connectivity index (χ0n) is 13.4. The normalized spacial score (nSPS) is 17.8. The molecule has 1 aliphatic rings. The Bertz CT molecular complexity index is 584. The summed E-state index contributed by atoms with van der Waals surface area (Å²) < 4.78 is 20.8. The zero-order chi connectivity index (χ0) is 15.6. The highest BCUT2D eigenvalue weighted by Gasteiger charge is 2.35. The third-order valence-corrected chi connectivity index (χ3v) is 6.42. The first-order valence-electron chi connectivity index (χ1n) is 7.35. The van der Waals surface area contributed by atoms with E-state index in [9.17, 15) is 4.21 Å². The Morgan fingerprint density at radius 3 is 2.38 bits per heavy atom. The maximum Gasteiger partial charge on any atom is 0.119 e. The lowest BCUT2D eigenvalue weighted by Gasteiger charge is -2.28. The fourth-order valence-electron chi connectivity index (χ4n) is 2.80. The lowest BCUT2D eigenvalue weighted by Crippen LogP contribution is -2.38. The van der Waals surface area contributed by atoms with Crippen molar-refractivity contribution < 1.29 is 8.95 Å². The van der Waals surface area contributed by atoms with Crippen molar-refractivity contribution in [2.45, 2.75) is 37.6 Å². The molecule has 1 aliphatic carbocycles. The van der Waals surface area contributed by atoms with Gasteiger partial charge in [-0.25, -0.2) is 8.51 Å². The fourth-order valence-corrected chi connectivity index (χ4v) is 5.24. The van der Waals surface area contributed by atoms with Crippen molar-refractivity contribution in [2.75, 3.05) is 27.2 Å². The molecule has 1 aromatic rings. The topological polar surface area (TPSA) is 41.6 Å². The van der Waals surface area contributed by atoms with Gasteiger partial charge in [-0.05, 0) is 62.9 Å². The van der Waals surface area contributed by atoms with Gasteiger partial charge in [-0.2, -0.15) is 0 Å². The molecule has 4 nitrogen and oxygen atoms in total. The Kier molecular flexibility index (Phi) is 4.96. The van der Waals surface area contributed by atoms with Gasteiger partial charge >= 0.3 is 0 Å². The summed E-state index contributed by atoms with van der Waals surface area (Å²) in [7, 11) is 1.11. The molecule has 118 valence electrons.